The third kappa shape index (κ3) is 3.55. The topological polar surface area (TPSA) is 67.8 Å². The van der Waals surface area contributed by atoms with E-state index in [1.165, 1.54) is 6.08 Å². The number of fused-ring (bicyclic) bond motifs is 1. The van der Waals surface area contributed by atoms with Gasteiger partial charge in [0.15, 0.2) is 11.5 Å². The van der Waals surface area contributed by atoms with Gasteiger partial charge >= 0.3 is 0 Å². The second-order valence-corrected chi connectivity index (χ2v) is 5.47. The molecule has 0 bridgehead atoms. The molecule has 1 aromatic carbocycles. The van der Waals surface area contributed by atoms with Crippen LogP contribution in [0.2, 0.25) is 0 Å². The van der Waals surface area contributed by atoms with Crippen molar-refractivity contribution in [3.05, 3.63) is 29.8 Å². The molecule has 0 saturated heterocycles. The summed E-state index contributed by atoms with van der Waals surface area (Å²) in [7, 11) is 0. The predicted molar refractivity (Wildman–Crippen MR) is 78.0 cm³/mol. The van der Waals surface area contributed by atoms with E-state index in [4.69, 9.17) is 9.47 Å². The van der Waals surface area contributed by atoms with Crippen LogP contribution >= 0.6 is 0 Å². The zero-order valence-corrected chi connectivity index (χ0v) is 11.7. The van der Waals surface area contributed by atoms with E-state index in [2.05, 4.69) is 5.32 Å². The van der Waals surface area contributed by atoms with E-state index < -0.39 is 0 Å². The Morgan fingerprint density at radius 3 is 3.00 bits per heavy atom. The van der Waals surface area contributed by atoms with E-state index in [1.54, 1.807) is 6.08 Å². The minimum Gasteiger partial charge on any atom is -0.454 e. The van der Waals surface area contributed by atoms with Crippen molar-refractivity contribution >= 4 is 12.0 Å². The highest BCUT2D eigenvalue weighted by atomic mass is 16.7. The largest absolute Gasteiger partial charge is 0.454 e. The molecule has 0 spiro atoms. The standard InChI is InChI=1S/C16H19NO4/c18-13-3-1-2-12(9-13)17-16(19)7-5-11-4-6-14-15(8-11)21-10-20-14/h4-8,12-13,18H,1-3,9-10H2,(H,17,19)/b7-5+/t12-,13+/m1/s1. The molecular weight excluding hydrogens is 270 g/mol. The molecule has 0 radical (unpaired) electrons. The summed E-state index contributed by atoms with van der Waals surface area (Å²) in [5.41, 5.74) is 0.887. The van der Waals surface area contributed by atoms with Gasteiger partial charge in [-0.1, -0.05) is 6.07 Å². The maximum Gasteiger partial charge on any atom is 0.244 e. The van der Waals surface area contributed by atoms with Crippen LogP contribution in [0.15, 0.2) is 24.3 Å². The Morgan fingerprint density at radius 2 is 2.14 bits per heavy atom. The Hall–Kier alpha value is -2.01. The van der Waals surface area contributed by atoms with Crippen LogP contribution in [-0.2, 0) is 4.79 Å². The Morgan fingerprint density at radius 1 is 1.29 bits per heavy atom. The summed E-state index contributed by atoms with van der Waals surface area (Å²) in [5.74, 6) is 1.30. The van der Waals surface area contributed by atoms with Crippen molar-refractivity contribution in [3.8, 4) is 11.5 Å². The van der Waals surface area contributed by atoms with E-state index in [0.29, 0.717) is 12.2 Å². The van der Waals surface area contributed by atoms with Gasteiger partial charge in [0.1, 0.15) is 0 Å². The molecule has 5 heteroatoms. The minimum atomic E-state index is -0.290. The highest BCUT2D eigenvalue weighted by Crippen LogP contribution is 2.32. The lowest BCUT2D eigenvalue weighted by Gasteiger charge is -2.26. The fraction of sp³-hybridized carbons (Fsp3) is 0.438. The number of ether oxygens (including phenoxy) is 2. The van der Waals surface area contributed by atoms with Crippen molar-refractivity contribution in [1.82, 2.24) is 5.32 Å². The summed E-state index contributed by atoms with van der Waals surface area (Å²) in [4.78, 5) is 11.9. The average molecular weight is 289 g/mol. The second-order valence-electron chi connectivity index (χ2n) is 5.47. The normalized spacial score (nSPS) is 24.2. The molecule has 0 aromatic heterocycles. The van der Waals surface area contributed by atoms with Gasteiger partial charge < -0.3 is 19.9 Å². The van der Waals surface area contributed by atoms with Gasteiger partial charge in [0.05, 0.1) is 6.10 Å². The molecule has 2 N–H and O–H groups in total. The van der Waals surface area contributed by atoms with Crippen LogP contribution in [0.5, 0.6) is 11.5 Å². The first kappa shape index (κ1) is 13.9. The van der Waals surface area contributed by atoms with Gasteiger partial charge in [0.2, 0.25) is 12.7 Å². The van der Waals surface area contributed by atoms with E-state index in [1.807, 2.05) is 18.2 Å². The Kier molecular flexibility index (Phi) is 4.10. The molecule has 2 aliphatic rings. The summed E-state index contributed by atoms with van der Waals surface area (Å²) in [6, 6.07) is 5.62. The van der Waals surface area contributed by atoms with Crippen LogP contribution in [-0.4, -0.2) is 30.0 Å². The van der Waals surface area contributed by atoms with Gasteiger partial charge in [0, 0.05) is 12.1 Å². The van der Waals surface area contributed by atoms with Crippen molar-refractivity contribution in [3.63, 3.8) is 0 Å². The Bertz CT molecular complexity index is 555. The third-order valence-electron chi connectivity index (χ3n) is 3.82. The Balaban J connectivity index is 1.56. The van der Waals surface area contributed by atoms with Crippen LogP contribution in [0.3, 0.4) is 0 Å². The van der Waals surface area contributed by atoms with E-state index in [9.17, 15) is 9.90 Å². The fourth-order valence-corrected chi connectivity index (χ4v) is 2.73. The van der Waals surface area contributed by atoms with E-state index in [0.717, 1.165) is 30.6 Å². The summed E-state index contributed by atoms with van der Waals surface area (Å²) < 4.78 is 10.5. The Labute approximate surface area is 123 Å². The lowest BCUT2D eigenvalue weighted by atomic mass is 9.93. The van der Waals surface area contributed by atoms with Crippen LogP contribution in [0, 0.1) is 0 Å². The SMILES string of the molecule is O=C(/C=C/c1ccc2c(c1)OCO2)N[C@@H]1CCC[C@H](O)C1. The summed E-state index contributed by atoms with van der Waals surface area (Å²) in [6.07, 6.45) is 6.33. The van der Waals surface area contributed by atoms with Gasteiger partial charge in [-0.3, -0.25) is 4.79 Å². The van der Waals surface area contributed by atoms with Crippen LogP contribution in [0.4, 0.5) is 0 Å². The molecule has 1 heterocycles. The number of amides is 1. The number of rotatable bonds is 3. The quantitative estimate of drug-likeness (QED) is 0.833. The number of nitrogens with one attached hydrogen (secondary N) is 1. The van der Waals surface area contributed by atoms with E-state index >= 15 is 0 Å². The molecule has 3 rings (SSSR count). The van der Waals surface area contributed by atoms with Gasteiger partial charge in [-0.15, -0.1) is 0 Å². The zero-order valence-electron chi connectivity index (χ0n) is 11.7. The summed E-state index contributed by atoms with van der Waals surface area (Å²) in [6.45, 7) is 0.243. The molecule has 2 atom stereocenters. The molecule has 5 nitrogen and oxygen atoms in total. The lowest BCUT2D eigenvalue weighted by molar-refractivity contribution is -0.117. The average Bonchev–Trinajstić information content (AvgIpc) is 2.92. The first-order valence-electron chi connectivity index (χ1n) is 7.27. The number of hydrogen-bond donors (Lipinski definition) is 2. The van der Waals surface area contributed by atoms with Gasteiger partial charge in [-0.05, 0) is 49.5 Å². The van der Waals surface area contributed by atoms with Gasteiger partial charge in [-0.2, -0.15) is 0 Å². The van der Waals surface area contributed by atoms with Crippen LogP contribution in [0.1, 0.15) is 31.2 Å². The van der Waals surface area contributed by atoms with Crippen molar-refractivity contribution in [2.24, 2.45) is 0 Å². The first-order valence-corrected chi connectivity index (χ1v) is 7.27. The minimum absolute atomic E-state index is 0.0719. The zero-order chi connectivity index (χ0) is 14.7. The first-order chi connectivity index (χ1) is 10.2. The molecule has 1 aromatic rings. The number of benzene rings is 1. The highest BCUT2D eigenvalue weighted by Gasteiger charge is 2.20. The summed E-state index contributed by atoms with van der Waals surface area (Å²) >= 11 is 0. The van der Waals surface area contributed by atoms with Crippen molar-refractivity contribution in [1.29, 1.82) is 0 Å². The third-order valence-corrected chi connectivity index (χ3v) is 3.82. The number of hydrogen-bond acceptors (Lipinski definition) is 4. The maximum atomic E-state index is 11.9. The number of carbonyl (C=O) groups excluding carboxylic acids is 1. The molecule has 1 aliphatic heterocycles. The van der Waals surface area contributed by atoms with Crippen molar-refractivity contribution < 1.29 is 19.4 Å². The molecule has 0 unspecified atom stereocenters. The van der Waals surface area contributed by atoms with Crippen molar-refractivity contribution in [2.45, 2.75) is 37.8 Å². The number of carbonyl (C=O) groups is 1. The van der Waals surface area contributed by atoms with E-state index in [-0.39, 0.29) is 24.8 Å². The molecule has 1 fully saturated rings. The maximum absolute atomic E-state index is 11.9. The van der Waals surface area contributed by atoms with Gasteiger partial charge in [-0.25, -0.2) is 0 Å². The van der Waals surface area contributed by atoms with Gasteiger partial charge in [0.25, 0.3) is 0 Å². The number of aliphatic hydroxyl groups excluding tert-OH is 1. The number of aliphatic hydroxyl groups is 1. The van der Waals surface area contributed by atoms with Crippen LogP contribution < -0.4 is 14.8 Å². The highest BCUT2D eigenvalue weighted by molar-refractivity contribution is 5.92. The monoisotopic (exact) mass is 289 g/mol. The lowest BCUT2D eigenvalue weighted by Crippen LogP contribution is -2.38. The molecule has 1 saturated carbocycles. The second kappa shape index (κ2) is 6.18. The summed E-state index contributed by atoms with van der Waals surface area (Å²) in [5, 5.41) is 12.5. The van der Waals surface area contributed by atoms with Crippen molar-refractivity contribution in [2.75, 3.05) is 6.79 Å². The molecule has 1 amide bonds. The molecule has 21 heavy (non-hydrogen) atoms. The fourth-order valence-electron chi connectivity index (χ4n) is 2.73. The molecule has 112 valence electrons. The smallest absolute Gasteiger partial charge is 0.244 e. The van der Waals surface area contributed by atoms with Crippen LogP contribution in [0.25, 0.3) is 6.08 Å². The predicted octanol–water partition coefficient (Wildman–Crippen LogP) is 1.85. The molecule has 1 aliphatic carbocycles. The molecular formula is C16H19NO4.